The molecule has 0 aromatic heterocycles. The zero-order valence-electron chi connectivity index (χ0n) is 19.6. The first-order valence-electron chi connectivity index (χ1n) is 11.5. The minimum atomic E-state index is -3.99. The number of rotatable bonds is 6. The van der Waals surface area contributed by atoms with E-state index in [1.54, 1.807) is 6.07 Å². The number of amides is 1. The molecule has 5 nitrogen and oxygen atoms in total. The fourth-order valence-corrected chi connectivity index (χ4v) is 5.93. The van der Waals surface area contributed by atoms with E-state index in [-0.39, 0.29) is 27.4 Å². The van der Waals surface area contributed by atoms with Crippen LogP contribution in [0.2, 0.25) is 5.02 Å². The first-order valence-corrected chi connectivity index (χ1v) is 13.3. The number of carbonyl (C=O) groups excluding carboxylic acids is 1. The molecule has 0 fully saturated rings. The van der Waals surface area contributed by atoms with Gasteiger partial charge in [-0.15, -0.1) is 0 Å². The molecule has 0 heterocycles. The number of hydrogen-bond acceptors (Lipinski definition) is 3. The molecule has 1 unspecified atom stereocenters. The Morgan fingerprint density at radius 2 is 1.68 bits per heavy atom. The number of halogens is 1. The van der Waals surface area contributed by atoms with Gasteiger partial charge in [-0.3, -0.25) is 9.52 Å². The third-order valence-electron chi connectivity index (χ3n) is 6.34. The average Bonchev–Trinajstić information content (AvgIpc) is 2.81. The molecule has 178 valence electrons. The maximum atomic E-state index is 13.1. The molecular formula is C27H29ClN2O3S. The van der Waals surface area contributed by atoms with Crippen molar-refractivity contribution >= 4 is 33.2 Å². The first kappa shape index (κ1) is 24.3. The Bertz CT molecular complexity index is 1350. The van der Waals surface area contributed by atoms with Gasteiger partial charge in [0.1, 0.15) is 4.90 Å². The summed E-state index contributed by atoms with van der Waals surface area (Å²) >= 11 is 6.24. The van der Waals surface area contributed by atoms with Gasteiger partial charge < -0.3 is 5.32 Å². The van der Waals surface area contributed by atoms with Crippen LogP contribution in [0.3, 0.4) is 0 Å². The molecule has 4 rings (SSSR count). The Morgan fingerprint density at radius 3 is 2.44 bits per heavy atom. The topological polar surface area (TPSA) is 75.3 Å². The fourth-order valence-electron chi connectivity index (χ4n) is 4.28. The molecule has 0 radical (unpaired) electrons. The predicted molar refractivity (Wildman–Crippen MR) is 137 cm³/mol. The highest BCUT2D eigenvalue weighted by Gasteiger charge is 2.22. The zero-order chi connectivity index (χ0) is 24.5. The Morgan fingerprint density at radius 1 is 0.941 bits per heavy atom. The van der Waals surface area contributed by atoms with E-state index >= 15 is 0 Å². The Hall–Kier alpha value is -2.83. The van der Waals surface area contributed by atoms with Crippen LogP contribution in [0, 0.1) is 13.8 Å². The zero-order valence-corrected chi connectivity index (χ0v) is 21.2. The Balaban J connectivity index is 1.55. The molecule has 1 aliphatic rings. The first-order chi connectivity index (χ1) is 16.1. The maximum Gasteiger partial charge on any atom is 0.263 e. The summed E-state index contributed by atoms with van der Waals surface area (Å²) in [7, 11) is -3.99. The highest BCUT2D eigenvalue weighted by Crippen LogP contribution is 2.28. The molecule has 3 aromatic rings. The van der Waals surface area contributed by atoms with E-state index in [1.165, 1.54) is 42.2 Å². The van der Waals surface area contributed by atoms with Gasteiger partial charge in [-0.05, 0) is 98.5 Å². The van der Waals surface area contributed by atoms with Crippen molar-refractivity contribution in [2.24, 2.45) is 0 Å². The monoisotopic (exact) mass is 496 g/mol. The number of benzene rings is 3. The summed E-state index contributed by atoms with van der Waals surface area (Å²) in [6, 6.07) is 16.0. The van der Waals surface area contributed by atoms with Crippen molar-refractivity contribution in [2.45, 2.75) is 57.4 Å². The van der Waals surface area contributed by atoms with Crippen molar-refractivity contribution in [3.8, 4) is 0 Å². The minimum Gasteiger partial charge on any atom is -0.346 e. The second-order valence-corrected chi connectivity index (χ2v) is 11.1. The van der Waals surface area contributed by atoms with E-state index in [2.05, 4.69) is 28.2 Å². The van der Waals surface area contributed by atoms with Gasteiger partial charge in [-0.25, -0.2) is 8.42 Å². The summed E-state index contributed by atoms with van der Waals surface area (Å²) in [5.74, 6) is -0.356. The Labute approximate surface area is 206 Å². The SMILES string of the molecule is Cc1ccc(C)c(NS(=O)(=O)c2cc(C(=O)NC(C)c3ccc4c(c3)CCCC4)ccc2Cl)c1. The summed E-state index contributed by atoms with van der Waals surface area (Å²) < 4.78 is 28.8. The van der Waals surface area contributed by atoms with Gasteiger partial charge in [0.05, 0.1) is 16.8 Å². The van der Waals surface area contributed by atoms with Crippen LogP contribution < -0.4 is 10.0 Å². The van der Waals surface area contributed by atoms with Crippen LogP contribution in [0.1, 0.15) is 64.0 Å². The second kappa shape index (κ2) is 9.80. The Kier molecular flexibility index (Phi) is 7.01. The predicted octanol–water partition coefficient (Wildman–Crippen LogP) is 6.13. The minimum absolute atomic E-state index is 0.0529. The van der Waals surface area contributed by atoms with Crippen LogP contribution in [0.25, 0.3) is 0 Å². The van der Waals surface area contributed by atoms with Gasteiger partial charge in [0.15, 0.2) is 0 Å². The van der Waals surface area contributed by atoms with Crippen LogP contribution in [-0.4, -0.2) is 14.3 Å². The average molecular weight is 497 g/mol. The summed E-state index contributed by atoms with van der Waals surface area (Å²) in [6.07, 6.45) is 4.58. The molecule has 1 atom stereocenters. The maximum absolute atomic E-state index is 13.1. The van der Waals surface area contributed by atoms with E-state index in [0.717, 1.165) is 29.5 Å². The molecule has 3 aromatic carbocycles. The molecule has 0 aliphatic heterocycles. The number of sulfonamides is 1. The van der Waals surface area contributed by atoms with Gasteiger partial charge in [0.2, 0.25) is 0 Å². The van der Waals surface area contributed by atoms with Crippen molar-refractivity contribution < 1.29 is 13.2 Å². The molecule has 7 heteroatoms. The van der Waals surface area contributed by atoms with Crippen LogP contribution in [0.4, 0.5) is 5.69 Å². The number of aryl methyl sites for hydroxylation is 4. The highest BCUT2D eigenvalue weighted by atomic mass is 35.5. The lowest BCUT2D eigenvalue weighted by atomic mass is 9.89. The number of carbonyl (C=O) groups is 1. The van der Waals surface area contributed by atoms with Crippen molar-refractivity contribution in [3.63, 3.8) is 0 Å². The quantitative estimate of drug-likeness (QED) is 0.431. The lowest BCUT2D eigenvalue weighted by molar-refractivity contribution is 0.0939. The molecule has 0 spiro atoms. The standard InChI is InChI=1S/C27H29ClN2O3S/c1-17-8-9-18(2)25(14-17)30-34(32,33)26-16-23(12-13-24(26)28)27(31)29-19(3)21-11-10-20-6-4-5-7-22(20)15-21/h8-16,19,30H,4-7H2,1-3H3,(H,29,31). The number of nitrogens with one attached hydrogen (secondary N) is 2. The highest BCUT2D eigenvalue weighted by molar-refractivity contribution is 7.92. The van der Waals surface area contributed by atoms with E-state index in [1.807, 2.05) is 32.9 Å². The molecule has 1 aliphatic carbocycles. The second-order valence-electron chi connectivity index (χ2n) is 9.00. The van der Waals surface area contributed by atoms with Crippen molar-refractivity contribution in [2.75, 3.05) is 4.72 Å². The fraction of sp³-hybridized carbons (Fsp3) is 0.296. The number of anilines is 1. The van der Waals surface area contributed by atoms with Crippen molar-refractivity contribution in [1.82, 2.24) is 5.32 Å². The van der Waals surface area contributed by atoms with E-state index in [4.69, 9.17) is 11.6 Å². The van der Waals surface area contributed by atoms with Gasteiger partial charge in [0, 0.05) is 5.56 Å². The molecule has 0 bridgehead atoms. The molecule has 34 heavy (non-hydrogen) atoms. The van der Waals surface area contributed by atoms with Gasteiger partial charge >= 0.3 is 0 Å². The van der Waals surface area contributed by atoms with E-state index in [9.17, 15) is 13.2 Å². The van der Waals surface area contributed by atoms with Gasteiger partial charge in [-0.1, -0.05) is 41.9 Å². The van der Waals surface area contributed by atoms with Crippen LogP contribution in [-0.2, 0) is 22.9 Å². The van der Waals surface area contributed by atoms with Crippen molar-refractivity contribution in [3.05, 3.63) is 93.0 Å². The van der Waals surface area contributed by atoms with Crippen LogP contribution >= 0.6 is 11.6 Å². The normalized spacial score (nSPS) is 14.2. The van der Waals surface area contributed by atoms with Crippen molar-refractivity contribution in [1.29, 1.82) is 0 Å². The third-order valence-corrected chi connectivity index (χ3v) is 8.19. The summed E-state index contributed by atoms with van der Waals surface area (Å²) in [6.45, 7) is 5.64. The van der Waals surface area contributed by atoms with Gasteiger partial charge in [0.25, 0.3) is 15.9 Å². The molecule has 0 saturated heterocycles. The summed E-state index contributed by atoms with van der Waals surface area (Å²) in [5, 5.41) is 3.04. The third kappa shape index (κ3) is 5.29. The van der Waals surface area contributed by atoms with Crippen LogP contribution in [0.15, 0.2) is 59.5 Å². The smallest absolute Gasteiger partial charge is 0.263 e. The summed E-state index contributed by atoms with van der Waals surface area (Å²) in [4.78, 5) is 12.9. The molecular weight excluding hydrogens is 468 g/mol. The molecule has 1 amide bonds. The van der Waals surface area contributed by atoms with E-state index < -0.39 is 10.0 Å². The van der Waals surface area contributed by atoms with Crippen LogP contribution in [0.5, 0.6) is 0 Å². The lowest BCUT2D eigenvalue weighted by Gasteiger charge is -2.20. The van der Waals surface area contributed by atoms with E-state index in [0.29, 0.717) is 5.69 Å². The van der Waals surface area contributed by atoms with Gasteiger partial charge in [-0.2, -0.15) is 0 Å². The molecule has 0 saturated carbocycles. The summed E-state index contributed by atoms with van der Waals surface area (Å²) in [5.41, 5.74) is 6.20. The lowest BCUT2D eigenvalue weighted by Crippen LogP contribution is -2.27. The molecule has 2 N–H and O–H groups in total. The largest absolute Gasteiger partial charge is 0.346 e. The number of hydrogen-bond donors (Lipinski definition) is 2. The number of fused-ring (bicyclic) bond motifs is 1.